The van der Waals surface area contributed by atoms with Crippen molar-refractivity contribution in [3.63, 3.8) is 0 Å². The Morgan fingerprint density at radius 2 is 1.65 bits per heavy atom. The molecule has 1 unspecified atom stereocenters. The van der Waals surface area contributed by atoms with Crippen molar-refractivity contribution in [2.45, 2.75) is 83.7 Å². The first-order chi connectivity index (χ1) is 8.09. The molecule has 2 N–H and O–H groups in total. The fraction of sp³-hybridized carbons (Fsp3) is 1.00. The van der Waals surface area contributed by atoms with E-state index in [9.17, 15) is 0 Å². The quantitative estimate of drug-likeness (QED) is 0.719. The Labute approximate surface area is 108 Å². The zero-order chi connectivity index (χ0) is 12.7. The first kappa shape index (κ1) is 15.0. The Balaban J connectivity index is 2.45. The van der Waals surface area contributed by atoms with Crippen LogP contribution in [0.2, 0.25) is 0 Å². The monoisotopic (exact) mass is 240 g/mol. The van der Waals surface area contributed by atoms with Crippen molar-refractivity contribution >= 4 is 0 Å². The molecule has 1 heterocycles. The zero-order valence-corrected chi connectivity index (χ0v) is 12.2. The summed E-state index contributed by atoms with van der Waals surface area (Å²) in [5.41, 5.74) is 6.61. The molecular formula is C15H32N2. The van der Waals surface area contributed by atoms with E-state index in [0.717, 1.165) is 0 Å². The van der Waals surface area contributed by atoms with Crippen LogP contribution in [0.1, 0.15) is 72.1 Å². The maximum atomic E-state index is 6.43. The number of likely N-dealkylation sites (tertiary alicyclic amines) is 1. The van der Waals surface area contributed by atoms with Crippen molar-refractivity contribution in [2.24, 2.45) is 5.73 Å². The standard InChI is InChI=1S/C15H32N2/c1-4-5-8-11-14(16)15(2,3)17-12-9-6-7-10-13-17/h14H,4-13,16H2,1-3H3. The maximum absolute atomic E-state index is 6.43. The van der Waals surface area contributed by atoms with Gasteiger partial charge in [0.2, 0.25) is 0 Å². The average molecular weight is 240 g/mol. The van der Waals surface area contributed by atoms with Crippen molar-refractivity contribution in [1.29, 1.82) is 0 Å². The van der Waals surface area contributed by atoms with Gasteiger partial charge in [0, 0.05) is 11.6 Å². The first-order valence-corrected chi connectivity index (χ1v) is 7.59. The van der Waals surface area contributed by atoms with E-state index in [-0.39, 0.29) is 5.54 Å². The lowest BCUT2D eigenvalue weighted by Crippen LogP contribution is -2.56. The van der Waals surface area contributed by atoms with Crippen LogP contribution in [0.15, 0.2) is 0 Å². The van der Waals surface area contributed by atoms with Gasteiger partial charge in [-0.2, -0.15) is 0 Å². The molecule has 1 fully saturated rings. The molecule has 2 nitrogen and oxygen atoms in total. The molecule has 0 aromatic carbocycles. The van der Waals surface area contributed by atoms with Gasteiger partial charge in [-0.3, -0.25) is 4.90 Å². The van der Waals surface area contributed by atoms with Gasteiger partial charge in [0.05, 0.1) is 0 Å². The summed E-state index contributed by atoms with van der Waals surface area (Å²) in [6.07, 6.45) is 10.6. The second kappa shape index (κ2) is 7.38. The number of rotatable bonds is 6. The fourth-order valence-corrected chi connectivity index (χ4v) is 2.85. The van der Waals surface area contributed by atoms with E-state index < -0.39 is 0 Å². The summed E-state index contributed by atoms with van der Waals surface area (Å²) in [5, 5.41) is 0. The van der Waals surface area contributed by atoms with E-state index >= 15 is 0 Å². The molecule has 1 saturated heterocycles. The Morgan fingerprint density at radius 3 is 2.18 bits per heavy atom. The minimum Gasteiger partial charge on any atom is -0.326 e. The maximum Gasteiger partial charge on any atom is 0.0304 e. The Bertz CT molecular complexity index is 193. The lowest BCUT2D eigenvalue weighted by molar-refractivity contribution is 0.0938. The molecular weight excluding hydrogens is 208 g/mol. The number of unbranched alkanes of at least 4 members (excludes halogenated alkanes) is 2. The van der Waals surface area contributed by atoms with Crippen LogP contribution in [0.4, 0.5) is 0 Å². The van der Waals surface area contributed by atoms with Crippen molar-refractivity contribution in [2.75, 3.05) is 13.1 Å². The topological polar surface area (TPSA) is 29.3 Å². The normalized spacial score (nSPS) is 21.2. The van der Waals surface area contributed by atoms with Gasteiger partial charge in [0.25, 0.3) is 0 Å². The summed E-state index contributed by atoms with van der Waals surface area (Å²) in [7, 11) is 0. The third-order valence-electron chi connectivity index (χ3n) is 4.45. The predicted molar refractivity (Wildman–Crippen MR) is 76.2 cm³/mol. The van der Waals surface area contributed by atoms with Crippen LogP contribution >= 0.6 is 0 Å². The van der Waals surface area contributed by atoms with Crippen molar-refractivity contribution < 1.29 is 0 Å². The molecule has 0 spiro atoms. The smallest absolute Gasteiger partial charge is 0.0304 e. The molecule has 0 aliphatic carbocycles. The van der Waals surface area contributed by atoms with Gasteiger partial charge in [-0.1, -0.05) is 39.0 Å². The van der Waals surface area contributed by atoms with Gasteiger partial charge < -0.3 is 5.73 Å². The molecule has 0 radical (unpaired) electrons. The van der Waals surface area contributed by atoms with Gasteiger partial charge in [-0.25, -0.2) is 0 Å². The highest BCUT2D eigenvalue weighted by Gasteiger charge is 2.32. The van der Waals surface area contributed by atoms with Gasteiger partial charge in [-0.05, 0) is 46.2 Å². The SMILES string of the molecule is CCCCCC(N)C(C)(C)N1CCCCCC1. The Morgan fingerprint density at radius 1 is 1.06 bits per heavy atom. The second-order valence-corrected chi connectivity index (χ2v) is 6.16. The zero-order valence-electron chi connectivity index (χ0n) is 12.2. The van der Waals surface area contributed by atoms with Crippen LogP contribution < -0.4 is 5.73 Å². The molecule has 0 saturated carbocycles. The van der Waals surface area contributed by atoms with Crippen LogP contribution in [0, 0.1) is 0 Å². The Kier molecular flexibility index (Phi) is 6.50. The second-order valence-electron chi connectivity index (χ2n) is 6.16. The molecule has 1 aliphatic heterocycles. The Hall–Kier alpha value is -0.0800. The summed E-state index contributed by atoms with van der Waals surface area (Å²) in [4.78, 5) is 2.64. The van der Waals surface area contributed by atoms with Gasteiger partial charge in [0.1, 0.15) is 0 Å². The summed E-state index contributed by atoms with van der Waals surface area (Å²) in [6.45, 7) is 9.43. The van der Waals surface area contributed by atoms with Crippen LogP contribution in [0.3, 0.4) is 0 Å². The molecule has 1 aliphatic rings. The van der Waals surface area contributed by atoms with E-state index in [2.05, 4.69) is 25.7 Å². The molecule has 17 heavy (non-hydrogen) atoms. The van der Waals surface area contributed by atoms with Crippen LogP contribution in [-0.4, -0.2) is 29.6 Å². The lowest BCUT2D eigenvalue weighted by Gasteiger charge is -2.42. The van der Waals surface area contributed by atoms with Crippen molar-refractivity contribution in [1.82, 2.24) is 4.90 Å². The van der Waals surface area contributed by atoms with E-state index in [4.69, 9.17) is 5.73 Å². The summed E-state index contributed by atoms with van der Waals surface area (Å²) in [6, 6.07) is 0.326. The van der Waals surface area contributed by atoms with Crippen molar-refractivity contribution in [3.05, 3.63) is 0 Å². The molecule has 1 atom stereocenters. The molecule has 0 aromatic rings. The number of hydrogen-bond acceptors (Lipinski definition) is 2. The van der Waals surface area contributed by atoms with Gasteiger partial charge in [0.15, 0.2) is 0 Å². The molecule has 0 amide bonds. The van der Waals surface area contributed by atoms with E-state index in [1.54, 1.807) is 0 Å². The molecule has 102 valence electrons. The highest BCUT2D eigenvalue weighted by atomic mass is 15.2. The number of nitrogens with two attached hydrogens (primary N) is 1. The highest BCUT2D eigenvalue weighted by Crippen LogP contribution is 2.25. The van der Waals surface area contributed by atoms with Crippen molar-refractivity contribution in [3.8, 4) is 0 Å². The van der Waals surface area contributed by atoms with Crippen LogP contribution in [0.5, 0.6) is 0 Å². The summed E-state index contributed by atoms with van der Waals surface area (Å²) >= 11 is 0. The third kappa shape index (κ3) is 4.59. The molecule has 2 heteroatoms. The third-order valence-corrected chi connectivity index (χ3v) is 4.45. The molecule has 0 bridgehead atoms. The first-order valence-electron chi connectivity index (χ1n) is 7.59. The summed E-state index contributed by atoms with van der Waals surface area (Å²) in [5.74, 6) is 0. The van der Waals surface area contributed by atoms with E-state index in [1.165, 1.54) is 64.5 Å². The summed E-state index contributed by atoms with van der Waals surface area (Å²) < 4.78 is 0. The van der Waals surface area contributed by atoms with Crippen LogP contribution in [-0.2, 0) is 0 Å². The lowest BCUT2D eigenvalue weighted by atomic mass is 9.88. The number of hydrogen-bond donors (Lipinski definition) is 1. The molecule has 0 aromatic heterocycles. The fourth-order valence-electron chi connectivity index (χ4n) is 2.85. The minimum atomic E-state index is 0.179. The average Bonchev–Trinajstić information content (AvgIpc) is 2.58. The highest BCUT2D eigenvalue weighted by molar-refractivity contribution is 4.92. The molecule has 1 rings (SSSR count). The van der Waals surface area contributed by atoms with Gasteiger partial charge >= 0.3 is 0 Å². The minimum absolute atomic E-state index is 0.179. The van der Waals surface area contributed by atoms with E-state index in [0.29, 0.717) is 6.04 Å². The van der Waals surface area contributed by atoms with E-state index in [1.807, 2.05) is 0 Å². The van der Waals surface area contributed by atoms with Crippen LogP contribution in [0.25, 0.3) is 0 Å². The number of nitrogens with zero attached hydrogens (tertiary/aromatic N) is 1. The predicted octanol–water partition coefficient (Wildman–Crippen LogP) is 3.55. The largest absolute Gasteiger partial charge is 0.326 e. The van der Waals surface area contributed by atoms with Gasteiger partial charge in [-0.15, -0.1) is 0 Å².